The van der Waals surface area contributed by atoms with Crippen LogP contribution in [-0.4, -0.2) is 48.4 Å². The summed E-state index contributed by atoms with van der Waals surface area (Å²) >= 11 is 0. The van der Waals surface area contributed by atoms with Crippen LogP contribution in [0.3, 0.4) is 0 Å². The summed E-state index contributed by atoms with van der Waals surface area (Å²) in [6, 6.07) is 11.4. The number of aromatic nitrogens is 1. The van der Waals surface area contributed by atoms with Gasteiger partial charge in [-0.25, -0.2) is 4.98 Å². The van der Waals surface area contributed by atoms with Gasteiger partial charge in [-0.15, -0.1) is 0 Å². The predicted molar refractivity (Wildman–Crippen MR) is 107 cm³/mol. The number of hydrogen-bond acceptors (Lipinski definition) is 6. The second kappa shape index (κ2) is 8.65. The largest absolute Gasteiger partial charge is 0.380 e. The third-order valence-corrected chi connectivity index (χ3v) is 4.98. The maximum Gasteiger partial charge on any atom is 0.159 e. The summed E-state index contributed by atoms with van der Waals surface area (Å²) in [4.78, 5) is 20.9. The van der Waals surface area contributed by atoms with E-state index in [1.165, 1.54) is 6.92 Å². The Balaban J connectivity index is 1.63. The Labute approximate surface area is 160 Å². The van der Waals surface area contributed by atoms with Crippen molar-refractivity contribution in [2.24, 2.45) is 0 Å². The van der Waals surface area contributed by atoms with Gasteiger partial charge in [-0.2, -0.15) is 5.26 Å². The maximum atomic E-state index is 11.6. The number of likely N-dealkylation sites (N-methyl/N-ethyl adjacent to an activating group) is 1. The summed E-state index contributed by atoms with van der Waals surface area (Å²) in [6.07, 6.45) is 1.87. The zero-order valence-corrected chi connectivity index (χ0v) is 15.9. The van der Waals surface area contributed by atoms with E-state index in [4.69, 9.17) is 0 Å². The molecule has 1 saturated heterocycles. The predicted octanol–water partition coefficient (Wildman–Crippen LogP) is 2.91. The van der Waals surface area contributed by atoms with E-state index < -0.39 is 0 Å². The third-order valence-electron chi connectivity index (χ3n) is 4.98. The van der Waals surface area contributed by atoms with Gasteiger partial charge in [0.15, 0.2) is 5.78 Å². The minimum Gasteiger partial charge on any atom is -0.380 e. The Hall–Kier alpha value is -2.91. The van der Waals surface area contributed by atoms with E-state index >= 15 is 0 Å². The summed E-state index contributed by atoms with van der Waals surface area (Å²) in [5.41, 5.74) is 2.82. The molecule has 0 atom stereocenters. The lowest BCUT2D eigenvalue weighted by Crippen LogP contribution is -2.46. The number of piperazine rings is 1. The molecule has 0 unspecified atom stereocenters. The van der Waals surface area contributed by atoms with Crippen LogP contribution < -0.4 is 10.2 Å². The Bertz CT molecular complexity index is 833. The first-order valence-electron chi connectivity index (χ1n) is 9.32. The normalized spacial score (nSPS) is 14.6. The van der Waals surface area contributed by atoms with Gasteiger partial charge in [0.05, 0.1) is 11.3 Å². The van der Waals surface area contributed by atoms with Gasteiger partial charge in [0.2, 0.25) is 0 Å². The fourth-order valence-corrected chi connectivity index (χ4v) is 3.21. The van der Waals surface area contributed by atoms with Crippen molar-refractivity contribution >= 4 is 17.3 Å². The molecule has 3 rings (SSSR count). The van der Waals surface area contributed by atoms with Crippen molar-refractivity contribution in [3.05, 3.63) is 53.2 Å². The van der Waals surface area contributed by atoms with Crippen LogP contribution in [0.15, 0.2) is 36.5 Å². The highest BCUT2D eigenvalue weighted by Gasteiger charge is 2.16. The van der Waals surface area contributed by atoms with Gasteiger partial charge >= 0.3 is 0 Å². The number of nitrogens with one attached hydrogen (secondary N) is 1. The molecule has 6 nitrogen and oxygen atoms in total. The van der Waals surface area contributed by atoms with Crippen molar-refractivity contribution in [1.82, 2.24) is 9.88 Å². The van der Waals surface area contributed by atoms with Gasteiger partial charge in [-0.1, -0.05) is 13.0 Å². The van der Waals surface area contributed by atoms with Crippen molar-refractivity contribution in [3.8, 4) is 6.07 Å². The van der Waals surface area contributed by atoms with Crippen LogP contribution >= 0.6 is 0 Å². The molecule has 6 heteroatoms. The van der Waals surface area contributed by atoms with E-state index in [0.717, 1.165) is 44.1 Å². The zero-order chi connectivity index (χ0) is 19.2. The third kappa shape index (κ3) is 4.63. The Kier molecular flexibility index (Phi) is 6.05. The average Bonchev–Trinajstić information content (AvgIpc) is 2.72. The number of carbonyl (C=O) groups excluding carboxylic acids is 1. The molecule has 27 heavy (non-hydrogen) atoms. The standard InChI is InChI=1S/C21H25N5O/c1-3-25-8-10-26(11-9-25)21-7-4-17(15-24-21)14-23-20-12-18(16(2)27)5-6-19(20)13-22/h4-7,12,15,23H,3,8-11,14H2,1-2H3. The topological polar surface area (TPSA) is 72.3 Å². The number of benzene rings is 1. The number of pyridine rings is 1. The van der Waals surface area contributed by atoms with Crippen LogP contribution in [0.2, 0.25) is 0 Å². The van der Waals surface area contributed by atoms with Crippen molar-refractivity contribution in [1.29, 1.82) is 5.26 Å². The number of nitriles is 1. The molecule has 1 aliphatic heterocycles. The summed E-state index contributed by atoms with van der Waals surface area (Å²) < 4.78 is 0. The molecule has 0 aliphatic carbocycles. The van der Waals surface area contributed by atoms with Crippen molar-refractivity contribution < 1.29 is 4.79 Å². The number of ketones is 1. The van der Waals surface area contributed by atoms with Gasteiger partial charge in [0.25, 0.3) is 0 Å². The Morgan fingerprint density at radius 2 is 2.00 bits per heavy atom. The molecular formula is C21H25N5O. The molecule has 140 valence electrons. The molecule has 1 aromatic carbocycles. The van der Waals surface area contributed by atoms with Gasteiger partial charge in [0, 0.05) is 44.5 Å². The number of rotatable bonds is 6. The Morgan fingerprint density at radius 3 is 2.59 bits per heavy atom. The molecule has 0 amide bonds. The molecule has 1 aliphatic rings. The smallest absolute Gasteiger partial charge is 0.159 e. The molecule has 0 bridgehead atoms. The first kappa shape index (κ1) is 18.9. The van der Waals surface area contributed by atoms with E-state index in [1.54, 1.807) is 18.2 Å². The summed E-state index contributed by atoms with van der Waals surface area (Å²) in [7, 11) is 0. The zero-order valence-electron chi connectivity index (χ0n) is 15.9. The van der Waals surface area contributed by atoms with E-state index in [2.05, 4.69) is 45.2 Å². The lowest BCUT2D eigenvalue weighted by atomic mass is 10.1. The minimum absolute atomic E-state index is 0.0169. The van der Waals surface area contributed by atoms with Gasteiger partial charge in [-0.3, -0.25) is 4.79 Å². The van der Waals surface area contributed by atoms with Gasteiger partial charge in [-0.05, 0) is 43.3 Å². The van der Waals surface area contributed by atoms with Crippen LogP contribution in [0, 0.1) is 11.3 Å². The summed E-state index contributed by atoms with van der Waals surface area (Å²) in [5.74, 6) is 0.988. The molecule has 0 radical (unpaired) electrons. The highest BCUT2D eigenvalue weighted by atomic mass is 16.1. The second-order valence-electron chi connectivity index (χ2n) is 6.73. The molecule has 2 heterocycles. The minimum atomic E-state index is -0.0169. The average molecular weight is 363 g/mol. The van der Waals surface area contributed by atoms with Crippen LogP contribution in [0.1, 0.15) is 35.3 Å². The van der Waals surface area contributed by atoms with Crippen molar-refractivity contribution in [2.75, 3.05) is 42.9 Å². The van der Waals surface area contributed by atoms with Crippen molar-refractivity contribution in [3.63, 3.8) is 0 Å². The molecule has 1 aromatic heterocycles. The monoisotopic (exact) mass is 363 g/mol. The SMILES string of the molecule is CCN1CCN(c2ccc(CNc3cc(C(C)=O)ccc3C#N)cn2)CC1. The van der Waals surface area contributed by atoms with Gasteiger partial charge in [0.1, 0.15) is 11.9 Å². The van der Waals surface area contributed by atoms with Crippen LogP contribution in [-0.2, 0) is 6.54 Å². The molecule has 1 N–H and O–H groups in total. The number of anilines is 2. The first-order chi connectivity index (χ1) is 13.1. The lowest BCUT2D eigenvalue weighted by molar-refractivity contribution is 0.101. The van der Waals surface area contributed by atoms with Crippen LogP contribution in [0.5, 0.6) is 0 Å². The maximum absolute atomic E-state index is 11.6. The first-order valence-corrected chi connectivity index (χ1v) is 9.32. The van der Waals surface area contributed by atoms with Gasteiger partial charge < -0.3 is 15.1 Å². The number of carbonyl (C=O) groups is 1. The number of nitrogens with zero attached hydrogens (tertiary/aromatic N) is 4. The summed E-state index contributed by atoms with van der Waals surface area (Å²) in [6.45, 7) is 9.52. The van der Waals surface area contributed by atoms with E-state index in [0.29, 0.717) is 23.4 Å². The Morgan fingerprint density at radius 1 is 1.22 bits per heavy atom. The van der Waals surface area contributed by atoms with E-state index in [9.17, 15) is 10.1 Å². The van der Waals surface area contributed by atoms with E-state index in [1.807, 2.05) is 6.20 Å². The molecule has 2 aromatic rings. The van der Waals surface area contributed by atoms with Crippen LogP contribution in [0.25, 0.3) is 0 Å². The molecule has 0 saturated carbocycles. The number of hydrogen-bond donors (Lipinski definition) is 1. The highest BCUT2D eigenvalue weighted by molar-refractivity contribution is 5.95. The number of Topliss-reactive ketones (excluding diaryl/α,β-unsaturated/α-hetero) is 1. The fraction of sp³-hybridized carbons (Fsp3) is 0.381. The lowest BCUT2D eigenvalue weighted by Gasteiger charge is -2.34. The molecule has 1 fully saturated rings. The van der Waals surface area contributed by atoms with E-state index in [-0.39, 0.29) is 5.78 Å². The highest BCUT2D eigenvalue weighted by Crippen LogP contribution is 2.19. The molecule has 0 spiro atoms. The molecular weight excluding hydrogens is 338 g/mol. The fourth-order valence-electron chi connectivity index (χ4n) is 3.21. The second-order valence-corrected chi connectivity index (χ2v) is 6.73. The quantitative estimate of drug-likeness (QED) is 0.796. The van der Waals surface area contributed by atoms with Crippen molar-refractivity contribution in [2.45, 2.75) is 20.4 Å². The summed E-state index contributed by atoms with van der Waals surface area (Å²) in [5, 5.41) is 12.5. The van der Waals surface area contributed by atoms with Crippen LogP contribution in [0.4, 0.5) is 11.5 Å².